The summed E-state index contributed by atoms with van der Waals surface area (Å²) in [6, 6.07) is 0. The van der Waals surface area contributed by atoms with Gasteiger partial charge in [0.25, 0.3) is 0 Å². The zero-order valence-corrected chi connectivity index (χ0v) is 14.2. The Labute approximate surface area is 142 Å². The van der Waals surface area contributed by atoms with Crippen LogP contribution in [0.15, 0.2) is 71.1 Å². The summed E-state index contributed by atoms with van der Waals surface area (Å²) in [6.45, 7) is 1.97. The normalized spacial score (nSPS) is 18.3. The van der Waals surface area contributed by atoms with Crippen molar-refractivity contribution in [2.24, 2.45) is 5.92 Å². The summed E-state index contributed by atoms with van der Waals surface area (Å²) < 4.78 is 10.1. The van der Waals surface area contributed by atoms with Gasteiger partial charge in [0.2, 0.25) is 0 Å². The van der Waals surface area contributed by atoms with Gasteiger partial charge in [-0.2, -0.15) is 0 Å². The first kappa shape index (κ1) is 17.7. The fraction of sp³-hybridized carbons (Fsp3) is 0.300. The Balaban J connectivity index is 2.36. The average Bonchev–Trinajstić information content (AvgIpc) is 2.95. The van der Waals surface area contributed by atoms with E-state index in [1.54, 1.807) is 25.3 Å². The van der Waals surface area contributed by atoms with Crippen molar-refractivity contribution in [1.29, 1.82) is 0 Å². The lowest BCUT2D eigenvalue weighted by Gasteiger charge is -2.17. The van der Waals surface area contributed by atoms with Crippen LogP contribution in [0.2, 0.25) is 0 Å². The number of ether oxygens (including phenoxy) is 2. The van der Waals surface area contributed by atoms with Gasteiger partial charge in [-0.1, -0.05) is 42.0 Å². The van der Waals surface area contributed by atoms with Gasteiger partial charge in [-0.15, -0.1) is 0 Å². The van der Waals surface area contributed by atoms with Crippen LogP contribution in [0, 0.1) is 5.92 Å². The predicted octanol–water partition coefficient (Wildman–Crippen LogP) is 3.59. The molecule has 0 aliphatic heterocycles. The third-order valence-electron chi connectivity index (χ3n) is 3.99. The summed E-state index contributed by atoms with van der Waals surface area (Å²) in [4.78, 5) is 25.3. The molecule has 4 nitrogen and oxygen atoms in total. The van der Waals surface area contributed by atoms with Crippen molar-refractivity contribution in [2.45, 2.75) is 19.8 Å². The molecule has 2 aliphatic carbocycles. The molecule has 0 amide bonds. The highest BCUT2D eigenvalue weighted by Gasteiger charge is 2.32. The first-order chi connectivity index (χ1) is 11.6. The first-order valence-corrected chi connectivity index (χ1v) is 7.84. The van der Waals surface area contributed by atoms with Crippen molar-refractivity contribution in [3.8, 4) is 0 Å². The molecule has 0 saturated heterocycles. The van der Waals surface area contributed by atoms with E-state index in [4.69, 9.17) is 9.47 Å². The molecule has 4 heteroatoms. The number of hydrogen-bond acceptors (Lipinski definition) is 4. The molecule has 0 bridgehead atoms. The van der Waals surface area contributed by atoms with Crippen LogP contribution in [-0.4, -0.2) is 26.0 Å². The Morgan fingerprint density at radius 1 is 1.00 bits per heavy atom. The van der Waals surface area contributed by atoms with Crippen LogP contribution in [0.5, 0.6) is 0 Å². The zero-order valence-electron chi connectivity index (χ0n) is 14.2. The summed E-state index contributed by atoms with van der Waals surface area (Å²) in [5, 5.41) is 0. The molecule has 0 radical (unpaired) electrons. The number of methoxy groups -OCH3 is 2. The van der Waals surface area contributed by atoms with E-state index in [0.29, 0.717) is 29.7 Å². The molecule has 0 fully saturated rings. The van der Waals surface area contributed by atoms with Gasteiger partial charge in [0.05, 0.1) is 14.2 Å². The minimum atomic E-state index is -0.932. The third kappa shape index (κ3) is 4.22. The van der Waals surface area contributed by atoms with Gasteiger partial charge < -0.3 is 9.47 Å². The Hall–Kier alpha value is -2.62. The molecule has 0 heterocycles. The highest BCUT2D eigenvalue weighted by molar-refractivity contribution is 6.11. The maximum absolute atomic E-state index is 13.0. The summed E-state index contributed by atoms with van der Waals surface area (Å²) in [5.74, 6) is -1.01. The van der Waals surface area contributed by atoms with E-state index in [0.717, 1.165) is 5.57 Å². The van der Waals surface area contributed by atoms with Crippen LogP contribution >= 0.6 is 0 Å². The summed E-state index contributed by atoms with van der Waals surface area (Å²) >= 11 is 0. The molecule has 2 rings (SSSR count). The van der Waals surface area contributed by atoms with Crippen molar-refractivity contribution in [2.75, 3.05) is 14.2 Å². The second-order valence-electron chi connectivity index (χ2n) is 5.65. The second kappa shape index (κ2) is 8.29. The monoisotopic (exact) mass is 326 g/mol. The minimum Gasteiger partial charge on any atom is -0.497 e. The minimum absolute atomic E-state index is 0.216. The van der Waals surface area contributed by atoms with Gasteiger partial charge in [0.15, 0.2) is 5.78 Å². The second-order valence-corrected chi connectivity index (χ2v) is 5.65. The van der Waals surface area contributed by atoms with E-state index in [2.05, 4.69) is 0 Å². The number of carbonyl (C=O) groups is 2. The molecular formula is C20H22O4. The largest absolute Gasteiger partial charge is 0.497 e. The van der Waals surface area contributed by atoms with Gasteiger partial charge in [-0.3, -0.25) is 9.59 Å². The van der Waals surface area contributed by atoms with Gasteiger partial charge in [-0.25, -0.2) is 0 Å². The molecule has 0 aromatic carbocycles. The average molecular weight is 326 g/mol. The summed E-state index contributed by atoms with van der Waals surface area (Å²) in [5.41, 5.74) is 2.37. The lowest BCUT2D eigenvalue weighted by Crippen LogP contribution is -2.28. The molecule has 1 atom stereocenters. The SMILES string of the molecule is COC(=O)C(C(=O)C1=CC=C(C)C=CC1)C1=CC=C(OC)C=CC1. The highest BCUT2D eigenvalue weighted by atomic mass is 16.5. The summed E-state index contributed by atoms with van der Waals surface area (Å²) in [7, 11) is 2.88. The van der Waals surface area contributed by atoms with E-state index in [9.17, 15) is 9.59 Å². The molecule has 2 aliphatic rings. The van der Waals surface area contributed by atoms with Crippen LogP contribution in [0.4, 0.5) is 0 Å². The Kier molecular flexibility index (Phi) is 6.13. The van der Waals surface area contributed by atoms with Crippen LogP contribution in [0.1, 0.15) is 19.8 Å². The topological polar surface area (TPSA) is 52.6 Å². The molecule has 1 unspecified atom stereocenters. The Morgan fingerprint density at radius 3 is 2.46 bits per heavy atom. The number of hydrogen-bond donors (Lipinski definition) is 0. The Bertz CT molecular complexity index is 699. The molecule has 126 valence electrons. The smallest absolute Gasteiger partial charge is 0.320 e. The molecule has 0 aromatic heterocycles. The van der Waals surface area contributed by atoms with Gasteiger partial charge in [0, 0.05) is 5.57 Å². The number of carbonyl (C=O) groups excluding carboxylic acids is 2. The van der Waals surface area contributed by atoms with Crippen LogP contribution in [0.3, 0.4) is 0 Å². The molecule has 0 saturated carbocycles. The predicted molar refractivity (Wildman–Crippen MR) is 93.0 cm³/mol. The van der Waals surface area contributed by atoms with E-state index >= 15 is 0 Å². The molecule has 0 N–H and O–H groups in total. The van der Waals surface area contributed by atoms with Crippen LogP contribution in [-0.2, 0) is 19.1 Å². The van der Waals surface area contributed by atoms with E-state index in [1.807, 2.05) is 37.3 Å². The van der Waals surface area contributed by atoms with Crippen LogP contribution in [0.25, 0.3) is 0 Å². The number of esters is 1. The first-order valence-electron chi connectivity index (χ1n) is 7.84. The fourth-order valence-corrected chi connectivity index (χ4v) is 2.61. The van der Waals surface area contributed by atoms with Gasteiger partial charge in [-0.05, 0) is 37.5 Å². The van der Waals surface area contributed by atoms with E-state index < -0.39 is 11.9 Å². The summed E-state index contributed by atoms with van der Waals surface area (Å²) in [6.07, 6.45) is 15.8. The van der Waals surface area contributed by atoms with Gasteiger partial charge >= 0.3 is 5.97 Å². The molecule has 0 aromatic rings. The highest BCUT2D eigenvalue weighted by Crippen LogP contribution is 2.26. The maximum Gasteiger partial charge on any atom is 0.320 e. The molecule has 24 heavy (non-hydrogen) atoms. The number of allylic oxidation sites excluding steroid dienone is 10. The number of ketones is 1. The standard InChI is InChI=1S/C20H22O4/c1-14-6-4-8-16(11-10-14)19(21)18(20(22)24-3)15-7-5-9-17(23-2)13-12-15/h4-6,9-13,18H,7-8H2,1-3H3. The Morgan fingerprint density at radius 2 is 1.75 bits per heavy atom. The molecular weight excluding hydrogens is 304 g/mol. The lowest BCUT2D eigenvalue weighted by molar-refractivity contribution is -0.146. The van der Waals surface area contributed by atoms with Crippen LogP contribution < -0.4 is 0 Å². The number of rotatable bonds is 5. The van der Waals surface area contributed by atoms with Crippen molar-refractivity contribution < 1.29 is 19.1 Å². The lowest BCUT2D eigenvalue weighted by atomic mass is 9.87. The number of Topliss-reactive ketones (excluding diaryl/α,β-unsaturated/α-hetero) is 1. The van der Waals surface area contributed by atoms with Gasteiger partial charge in [0.1, 0.15) is 11.7 Å². The van der Waals surface area contributed by atoms with Crippen molar-refractivity contribution in [1.82, 2.24) is 0 Å². The molecule has 0 spiro atoms. The van der Waals surface area contributed by atoms with Crippen molar-refractivity contribution in [3.05, 3.63) is 71.1 Å². The van der Waals surface area contributed by atoms with E-state index in [-0.39, 0.29) is 5.78 Å². The fourth-order valence-electron chi connectivity index (χ4n) is 2.61. The van der Waals surface area contributed by atoms with E-state index in [1.165, 1.54) is 7.11 Å². The maximum atomic E-state index is 13.0. The van der Waals surface area contributed by atoms with Crippen molar-refractivity contribution >= 4 is 11.8 Å². The van der Waals surface area contributed by atoms with Crippen molar-refractivity contribution in [3.63, 3.8) is 0 Å². The zero-order chi connectivity index (χ0) is 17.5. The third-order valence-corrected chi connectivity index (χ3v) is 3.99. The quantitative estimate of drug-likeness (QED) is 0.572.